The molecule has 8 heteroatoms. The van der Waals surface area contributed by atoms with Crippen LogP contribution in [0.2, 0.25) is 0 Å². The average molecular weight is 306 g/mol. The third-order valence-corrected chi connectivity index (χ3v) is 3.73. The molecule has 0 saturated carbocycles. The van der Waals surface area contributed by atoms with Gasteiger partial charge in [0, 0.05) is 0 Å². The summed E-state index contributed by atoms with van der Waals surface area (Å²) in [5.41, 5.74) is 1.98. The zero-order valence-electron chi connectivity index (χ0n) is 11.8. The van der Waals surface area contributed by atoms with E-state index < -0.39 is 11.9 Å². The molecule has 0 unspecified atom stereocenters. The van der Waals surface area contributed by atoms with Crippen molar-refractivity contribution in [3.05, 3.63) is 34.3 Å². The highest BCUT2D eigenvalue weighted by molar-refractivity contribution is 7.11. The van der Waals surface area contributed by atoms with Crippen LogP contribution in [0.4, 0.5) is 5.00 Å². The van der Waals surface area contributed by atoms with E-state index in [0.29, 0.717) is 29.1 Å². The fourth-order valence-electron chi connectivity index (χ4n) is 1.85. The molecule has 2 rings (SSSR count). The molecule has 0 spiro atoms. The first-order valence-corrected chi connectivity index (χ1v) is 7.05. The van der Waals surface area contributed by atoms with Gasteiger partial charge in [0.1, 0.15) is 10.6 Å². The Labute approximate surface area is 125 Å². The monoisotopic (exact) mass is 306 g/mol. The summed E-state index contributed by atoms with van der Waals surface area (Å²) in [5.74, 6) is -1.52. The molecule has 2 aromatic heterocycles. The van der Waals surface area contributed by atoms with Crippen LogP contribution in [-0.2, 0) is 6.42 Å². The molecule has 7 nitrogen and oxygen atoms in total. The zero-order valence-corrected chi connectivity index (χ0v) is 12.6. The van der Waals surface area contributed by atoms with Crippen molar-refractivity contribution < 1.29 is 14.7 Å². The summed E-state index contributed by atoms with van der Waals surface area (Å²) in [6.07, 6.45) is 0.559. The van der Waals surface area contributed by atoms with Crippen LogP contribution in [0.25, 0.3) is 0 Å². The van der Waals surface area contributed by atoms with E-state index in [-0.39, 0.29) is 10.6 Å². The first-order valence-electron chi connectivity index (χ1n) is 6.28. The fourth-order valence-corrected chi connectivity index (χ4v) is 2.63. The van der Waals surface area contributed by atoms with E-state index in [0.717, 1.165) is 11.5 Å². The van der Waals surface area contributed by atoms with Gasteiger partial charge in [-0.25, -0.2) is 4.79 Å². The van der Waals surface area contributed by atoms with Crippen molar-refractivity contribution in [1.29, 1.82) is 0 Å². The Morgan fingerprint density at radius 3 is 2.67 bits per heavy atom. The Morgan fingerprint density at radius 2 is 2.05 bits per heavy atom. The van der Waals surface area contributed by atoms with Crippen LogP contribution in [0.3, 0.4) is 0 Å². The lowest BCUT2D eigenvalue weighted by Crippen LogP contribution is -2.17. The highest BCUT2D eigenvalue weighted by Crippen LogP contribution is 2.25. The molecular formula is C13H14N4O3S. The smallest absolute Gasteiger partial charge is 0.340 e. The van der Waals surface area contributed by atoms with Gasteiger partial charge >= 0.3 is 5.97 Å². The van der Waals surface area contributed by atoms with Gasteiger partial charge in [-0.05, 0) is 37.9 Å². The van der Waals surface area contributed by atoms with Gasteiger partial charge in [0.15, 0.2) is 0 Å². The normalized spacial score (nSPS) is 10.4. The second kappa shape index (κ2) is 5.96. The zero-order chi connectivity index (χ0) is 15.6. The summed E-state index contributed by atoms with van der Waals surface area (Å²) in [7, 11) is 0. The van der Waals surface area contributed by atoms with Gasteiger partial charge in [0.05, 0.1) is 22.6 Å². The minimum Gasteiger partial charge on any atom is -0.478 e. The van der Waals surface area contributed by atoms with E-state index >= 15 is 0 Å². The lowest BCUT2D eigenvalue weighted by atomic mass is 10.1. The third-order valence-electron chi connectivity index (χ3n) is 2.88. The van der Waals surface area contributed by atoms with Crippen LogP contribution < -0.4 is 5.32 Å². The maximum absolute atomic E-state index is 12.3. The second-order valence-corrected chi connectivity index (χ2v) is 5.20. The standard InChI is InChI=1S/C13H14N4O3S/c1-4-9-8(5-6(2)15-16-9)11(18)14-12-10(13(19)20)7(3)17-21-12/h5H,4H2,1-3H3,(H,14,18)(H,19,20). The van der Waals surface area contributed by atoms with Crippen molar-refractivity contribution in [2.45, 2.75) is 27.2 Å². The number of amides is 1. The van der Waals surface area contributed by atoms with Crippen molar-refractivity contribution in [2.75, 3.05) is 5.32 Å². The Kier molecular flexibility index (Phi) is 4.27. The van der Waals surface area contributed by atoms with E-state index in [1.165, 1.54) is 0 Å². The summed E-state index contributed by atoms with van der Waals surface area (Å²) in [5, 5.41) is 19.9. The van der Waals surface area contributed by atoms with Crippen molar-refractivity contribution in [3.8, 4) is 0 Å². The summed E-state index contributed by atoms with van der Waals surface area (Å²) in [6.45, 7) is 5.20. The van der Waals surface area contributed by atoms with Crippen molar-refractivity contribution >= 4 is 28.4 Å². The predicted molar refractivity (Wildman–Crippen MR) is 77.9 cm³/mol. The number of rotatable bonds is 4. The van der Waals surface area contributed by atoms with Gasteiger partial charge in [0.2, 0.25) is 0 Å². The van der Waals surface area contributed by atoms with E-state index in [1.807, 2.05) is 6.92 Å². The minimum absolute atomic E-state index is 0.0186. The number of nitrogens with zero attached hydrogens (tertiary/aromatic N) is 3. The van der Waals surface area contributed by atoms with Crippen molar-refractivity contribution in [2.24, 2.45) is 0 Å². The molecule has 0 aromatic carbocycles. The number of aryl methyl sites for hydroxylation is 3. The maximum Gasteiger partial charge on any atom is 0.340 e. The fraction of sp³-hybridized carbons (Fsp3) is 0.308. The number of hydrogen-bond donors (Lipinski definition) is 2. The van der Waals surface area contributed by atoms with Crippen molar-refractivity contribution in [3.63, 3.8) is 0 Å². The maximum atomic E-state index is 12.3. The molecule has 2 heterocycles. The van der Waals surface area contributed by atoms with Gasteiger partial charge in [-0.15, -0.1) is 0 Å². The average Bonchev–Trinajstić information content (AvgIpc) is 2.79. The largest absolute Gasteiger partial charge is 0.478 e. The van der Waals surface area contributed by atoms with Crippen LogP contribution in [0, 0.1) is 13.8 Å². The van der Waals surface area contributed by atoms with Gasteiger partial charge in [-0.1, -0.05) is 6.92 Å². The Hall–Kier alpha value is -2.35. The predicted octanol–water partition coefficient (Wildman–Crippen LogP) is 2.06. The number of aromatic nitrogens is 3. The summed E-state index contributed by atoms with van der Waals surface area (Å²) in [4.78, 5) is 23.5. The van der Waals surface area contributed by atoms with Gasteiger partial charge in [-0.3, -0.25) is 4.79 Å². The number of carboxylic acids is 1. The SMILES string of the molecule is CCc1nnc(C)cc1C(=O)Nc1snc(C)c1C(=O)O. The Bertz CT molecular complexity index is 711. The summed E-state index contributed by atoms with van der Waals surface area (Å²) >= 11 is 0.946. The molecule has 0 atom stereocenters. The van der Waals surface area contributed by atoms with Crippen molar-refractivity contribution in [1.82, 2.24) is 14.6 Å². The quantitative estimate of drug-likeness (QED) is 0.895. The molecule has 110 valence electrons. The first-order chi connectivity index (χ1) is 9.93. The number of anilines is 1. The molecule has 21 heavy (non-hydrogen) atoms. The highest BCUT2D eigenvalue weighted by Gasteiger charge is 2.21. The summed E-state index contributed by atoms with van der Waals surface area (Å²) < 4.78 is 3.96. The lowest BCUT2D eigenvalue weighted by molar-refractivity contribution is 0.0697. The first kappa shape index (κ1) is 15.0. The molecule has 0 fully saturated rings. The van der Waals surface area contributed by atoms with Crippen LogP contribution in [0.5, 0.6) is 0 Å². The number of carbonyl (C=O) groups excluding carboxylic acids is 1. The van der Waals surface area contributed by atoms with Gasteiger partial charge in [0.25, 0.3) is 5.91 Å². The summed E-state index contributed by atoms with van der Waals surface area (Å²) in [6, 6.07) is 1.63. The van der Waals surface area contributed by atoms with E-state index in [4.69, 9.17) is 5.11 Å². The Morgan fingerprint density at radius 1 is 1.33 bits per heavy atom. The minimum atomic E-state index is -1.11. The molecule has 2 aromatic rings. The number of carboxylic acid groups (broad SMARTS) is 1. The topological polar surface area (TPSA) is 105 Å². The molecule has 2 N–H and O–H groups in total. The van der Waals surface area contributed by atoms with Crippen LogP contribution in [-0.4, -0.2) is 31.6 Å². The van der Waals surface area contributed by atoms with Crippen LogP contribution in [0.1, 0.15) is 44.7 Å². The van der Waals surface area contributed by atoms with Gasteiger partial charge < -0.3 is 10.4 Å². The molecule has 1 amide bonds. The lowest BCUT2D eigenvalue weighted by Gasteiger charge is -2.07. The molecule has 0 bridgehead atoms. The molecule has 0 saturated heterocycles. The van der Waals surface area contributed by atoms with Crippen LogP contribution >= 0.6 is 11.5 Å². The number of aromatic carboxylic acids is 1. The molecule has 0 aliphatic rings. The van der Waals surface area contributed by atoms with E-state index in [1.54, 1.807) is 19.9 Å². The second-order valence-electron chi connectivity index (χ2n) is 4.43. The molecule has 0 radical (unpaired) electrons. The Balaban J connectivity index is 2.35. The number of hydrogen-bond acceptors (Lipinski definition) is 6. The van der Waals surface area contributed by atoms with E-state index in [9.17, 15) is 9.59 Å². The van der Waals surface area contributed by atoms with Gasteiger partial charge in [-0.2, -0.15) is 14.6 Å². The highest BCUT2D eigenvalue weighted by atomic mass is 32.1. The van der Waals surface area contributed by atoms with E-state index in [2.05, 4.69) is 19.9 Å². The molecule has 0 aliphatic carbocycles. The molecular weight excluding hydrogens is 292 g/mol. The number of carbonyl (C=O) groups is 2. The number of nitrogens with one attached hydrogen (secondary N) is 1. The third kappa shape index (κ3) is 3.05. The van der Waals surface area contributed by atoms with Crippen LogP contribution in [0.15, 0.2) is 6.07 Å². The molecule has 0 aliphatic heterocycles.